The second kappa shape index (κ2) is 6.07. The van der Waals surface area contributed by atoms with Crippen molar-refractivity contribution in [2.75, 3.05) is 13.2 Å². The van der Waals surface area contributed by atoms with Gasteiger partial charge in [0.25, 0.3) is 0 Å². The molecule has 1 heterocycles. The monoisotopic (exact) mass is 271 g/mol. The van der Waals surface area contributed by atoms with Crippen molar-refractivity contribution in [1.82, 2.24) is 4.90 Å². The largest absolute Gasteiger partial charge is 0.395 e. The molecule has 2 rings (SSSR count). The quantitative estimate of drug-likeness (QED) is 0.884. The molecule has 0 fully saturated rings. The summed E-state index contributed by atoms with van der Waals surface area (Å²) in [4.78, 5) is 1.98. The van der Waals surface area contributed by atoms with E-state index in [-0.39, 0.29) is 6.61 Å². The first-order chi connectivity index (χ1) is 9.56. The molecule has 1 aromatic carbocycles. The van der Waals surface area contributed by atoms with Gasteiger partial charge in [-0.1, -0.05) is 36.9 Å². The minimum Gasteiger partial charge on any atom is -0.395 e. The first-order valence-corrected chi connectivity index (χ1v) is 6.80. The van der Waals surface area contributed by atoms with E-state index in [0.717, 1.165) is 28.1 Å². The van der Waals surface area contributed by atoms with E-state index >= 15 is 0 Å². The van der Waals surface area contributed by atoms with Crippen LogP contribution in [0.5, 0.6) is 0 Å². The van der Waals surface area contributed by atoms with Crippen molar-refractivity contribution in [1.29, 1.82) is 0 Å². The van der Waals surface area contributed by atoms with Gasteiger partial charge in [-0.3, -0.25) is 0 Å². The van der Waals surface area contributed by atoms with Gasteiger partial charge in [0.15, 0.2) is 0 Å². The molecule has 0 amide bonds. The Morgan fingerprint density at radius 1 is 1.25 bits per heavy atom. The molecule has 0 radical (unpaired) electrons. The van der Waals surface area contributed by atoms with E-state index in [1.807, 2.05) is 48.2 Å². The first kappa shape index (κ1) is 14.6. The molecule has 3 heteroatoms. The van der Waals surface area contributed by atoms with Gasteiger partial charge < -0.3 is 15.1 Å². The van der Waals surface area contributed by atoms with Gasteiger partial charge in [-0.2, -0.15) is 0 Å². The van der Waals surface area contributed by atoms with Crippen molar-refractivity contribution < 1.29 is 10.2 Å². The topological polar surface area (TPSA) is 43.7 Å². The van der Waals surface area contributed by atoms with Crippen LogP contribution < -0.4 is 0 Å². The molecule has 2 N–H and O–H groups in total. The highest BCUT2D eigenvalue weighted by atomic mass is 16.3. The van der Waals surface area contributed by atoms with Gasteiger partial charge in [-0.15, -0.1) is 0 Å². The highest BCUT2D eigenvalue weighted by molar-refractivity contribution is 5.74. The fourth-order valence-corrected chi connectivity index (χ4v) is 2.58. The Morgan fingerprint density at radius 3 is 2.45 bits per heavy atom. The molecule has 1 atom stereocenters. The standard InChI is InChI=1S/C17H21NO2/c1-12-11-16(14(3)20)13(2)18(9-10-19)17(12)15-7-5-4-6-8-15/h4-8,11,14,19-20H,2,9-10H2,1,3H3. The molecule has 1 aliphatic heterocycles. The van der Waals surface area contributed by atoms with Gasteiger partial charge in [-0.25, -0.2) is 0 Å². The third-order valence-electron chi connectivity index (χ3n) is 3.50. The van der Waals surface area contributed by atoms with Crippen LogP contribution in [-0.4, -0.2) is 34.4 Å². The van der Waals surface area contributed by atoms with E-state index < -0.39 is 6.10 Å². The Kier molecular flexibility index (Phi) is 4.42. The lowest BCUT2D eigenvalue weighted by Crippen LogP contribution is -2.31. The average Bonchev–Trinajstić information content (AvgIpc) is 2.43. The number of hydrogen-bond donors (Lipinski definition) is 2. The first-order valence-electron chi connectivity index (χ1n) is 6.80. The minimum atomic E-state index is -0.573. The molecule has 0 spiro atoms. The van der Waals surface area contributed by atoms with Gasteiger partial charge in [0.2, 0.25) is 0 Å². The molecule has 0 aromatic heterocycles. The fourth-order valence-electron chi connectivity index (χ4n) is 2.58. The normalized spacial score (nSPS) is 17.3. The Balaban J connectivity index is 2.54. The number of benzene rings is 1. The number of hydrogen-bond acceptors (Lipinski definition) is 3. The van der Waals surface area contributed by atoms with Crippen molar-refractivity contribution in [3.8, 4) is 0 Å². The van der Waals surface area contributed by atoms with Crippen LogP contribution in [0.15, 0.2) is 59.8 Å². The van der Waals surface area contributed by atoms with Crippen LogP contribution in [0.2, 0.25) is 0 Å². The van der Waals surface area contributed by atoms with Crippen LogP contribution in [0.25, 0.3) is 5.70 Å². The zero-order chi connectivity index (χ0) is 14.7. The van der Waals surface area contributed by atoms with Gasteiger partial charge in [0.1, 0.15) is 0 Å². The maximum absolute atomic E-state index is 9.87. The van der Waals surface area contributed by atoms with Crippen molar-refractivity contribution in [3.05, 3.63) is 65.4 Å². The lowest BCUT2D eigenvalue weighted by molar-refractivity contribution is 0.222. The Bertz CT molecular complexity index is 556. The lowest BCUT2D eigenvalue weighted by atomic mass is 9.94. The molecular formula is C17H21NO2. The molecule has 0 aliphatic carbocycles. The summed E-state index contributed by atoms with van der Waals surface area (Å²) in [6.07, 6.45) is 1.40. The summed E-state index contributed by atoms with van der Waals surface area (Å²) in [6, 6.07) is 10.0. The second-order valence-corrected chi connectivity index (χ2v) is 5.00. The van der Waals surface area contributed by atoms with Crippen LogP contribution in [0.3, 0.4) is 0 Å². The highest BCUT2D eigenvalue weighted by Crippen LogP contribution is 2.35. The van der Waals surface area contributed by atoms with E-state index in [1.165, 1.54) is 0 Å². The van der Waals surface area contributed by atoms with E-state index in [0.29, 0.717) is 6.54 Å². The molecule has 1 aromatic rings. The summed E-state index contributed by atoms with van der Waals surface area (Å²) < 4.78 is 0. The summed E-state index contributed by atoms with van der Waals surface area (Å²) >= 11 is 0. The van der Waals surface area contributed by atoms with E-state index in [1.54, 1.807) is 6.92 Å². The molecule has 3 nitrogen and oxygen atoms in total. The van der Waals surface area contributed by atoms with Gasteiger partial charge in [-0.05, 0) is 31.1 Å². The van der Waals surface area contributed by atoms with E-state index in [4.69, 9.17) is 0 Å². The predicted molar refractivity (Wildman–Crippen MR) is 81.7 cm³/mol. The smallest absolute Gasteiger partial charge is 0.0782 e. The number of β-amino-alcohol motifs (C(OH)–C–C–N with tert-alkyl or cyclic N) is 1. The van der Waals surface area contributed by atoms with Gasteiger partial charge in [0, 0.05) is 17.8 Å². The number of rotatable bonds is 4. The number of nitrogens with zero attached hydrogens (tertiary/aromatic N) is 1. The summed E-state index contributed by atoms with van der Waals surface area (Å²) in [7, 11) is 0. The number of aliphatic hydroxyl groups is 2. The number of aliphatic hydroxyl groups excluding tert-OH is 2. The number of allylic oxidation sites excluding steroid dienone is 2. The van der Waals surface area contributed by atoms with Crippen LogP contribution in [0.1, 0.15) is 19.4 Å². The molecule has 1 aliphatic rings. The molecule has 106 valence electrons. The molecule has 0 saturated carbocycles. The van der Waals surface area contributed by atoms with E-state index in [2.05, 4.69) is 6.58 Å². The predicted octanol–water partition coefficient (Wildman–Crippen LogP) is 2.55. The Morgan fingerprint density at radius 2 is 1.90 bits per heavy atom. The Labute approximate surface area is 120 Å². The van der Waals surface area contributed by atoms with Crippen molar-refractivity contribution >= 4 is 5.70 Å². The fraction of sp³-hybridized carbons (Fsp3) is 0.294. The molecule has 1 unspecified atom stereocenters. The second-order valence-electron chi connectivity index (χ2n) is 5.00. The summed E-state index contributed by atoms with van der Waals surface area (Å²) in [5.41, 5.74) is 4.73. The third kappa shape index (κ3) is 2.69. The van der Waals surface area contributed by atoms with Crippen LogP contribution in [0, 0.1) is 0 Å². The zero-order valence-electron chi connectivity index (χ0n) is 12.0. The summed E-state index contributed by atoms with van der Waals surface area (Å²) in [5.74, 6) is 0. The summed E-state index contributed by atoms with van der Waals surface area (Å²) in [6.45, 7) is 8.33. The maximum Gasteiger partial charge on any atom is 0.0782 e. The molecular weight excluding hydrogens is 250 g/mol. The third-order valence-corrected chi connectivity index (χ3v) is 3.50. The van der Waals surface area contributed by atoms with Crippen LogP contribution >= 0.6 is 0 Å². The Hall–Kier alpha value is -1.84. The lowest BCUT2D eigenvalue weighted by Gasteiger charge is -2.35. The summed E-state index contributed by atoms with van der Waals surface area (Å²) in [5, 5.41) is 19.2. The minimum absolute atomic E-state index is 0.0374. The van der Waals surface area contributed by atoms with Crippen molar-refractivity contribution in [3.63, 3.8) is 0 Å². The van der Waals surface area contributed by atoms with E-state index in [9.17, 15) is 10.2 Å². The molecule has 0 saturated heterocycles. The van der Waals surface area contributed by atoms with Crippen molar-refractivity contribution in [2.45, 2.75) is 20.0 Å². The van der Waals surface area contributed by atoms with Gasteiger partial charge >= 0.3 is 0 Å². The van der Waals surface area contributed by atoms with Gasteiger partial charge in [0.05, 0.1) is 18.4 Å². The SMILES string of the molecule is C=C1C(C(C)O)=CC(C)=C(c2ccccc2)N1CCO. The van der Waals surface area contributed by atoms with Crippen LogP contribution in [0.4, 0.5) is 0 Å². The average molecular weight is 271 g/mol. The maximum atomic E-state index is 9.87. The zero-order valence-corrected chi connectivity index (χ0v) is 12.0. The molecule has 0 bridgehead atoms. The van der Waals surface area contributed by atoms with Crippen molar-refractivity contribution in [2.24, 2.45) is 0 Å². The molecule has 20 heavy (non-hydrogen) atoms. The highest BCUT2D eigenvalue weighted by Gasteiger charge is 2.25. The van der Waals surface area contributed by atoms with Crippen LogP contribution in [-0.2, 0) is 0 Å².